The molecule has 2 aromatic heterocycles. The molecule has 2 heterocycles. The number of hydrogen-bond donors (Lipinski definition) is 1. The number of aromatic nitrogens is 1. The Hall–Kier alpha value is -2.49. The standard InChI is InChI=1S/C14H15N7S2/c1-4-21(5-2)14-18-11(17)13(23-14)20-19-12-9(6-15)8(3)10(7-16)22-12/h4-5,17H2,1-3H3/b20-19+. The topological polar surface area (TPSA) is 114 Å². The molecule has 0 saturated carbocycles. The van der Waals surface area contributed by atoms with Crippen LogP contribution in [0.4, 0.5) is 21.0 Å². The minimum absolute atomic E-state index is 0.313. The molecule has 7 nitrogen and oxygen atoms in total. The zero-order chi connectivity index (χ0) is 17.0. The van der Waals surface area contributed by atoms with Gasteiger partial charge < -0.3 is 10.6 Å². The lowest BCUT2D eigenvalue weighted by molar-refractivity contribution is 0.861. The molecule has 9 heteroatoms. The Kier molecular flexibility index (Phi) is 5.27. The predicted molar refractivity (Wildman–Crippen MR) is 92.7 cm³/mol. The molecular weight excluding hydrogens is 330 g/mol. The van der Waals surface area contributed by atoms with E-state index in [1.807, 2.05) is 13.8 Å². The van der Waals surface area contributed by atoms with Gasteiger partial charge in [0.2, 0.25) is 0 Å². The van der Waals surface area contributed by atoms with Gasteiger partial charge in [0.1, 0.15) is 17.0 Å². The van der Waals surface area contributed by atoms with Crippen molar-refractivity contribution in [1.29, 1.82) is 10.5 Å². The molecule has 0 spiro atoms. The second kappa shape index (κ2) is 7.18. The predicted octanol–water partition coefficient (Wildman–Crippen LogP) is 4.10. The molecule has 118 valence electrons. The van der Waals surface area contributed by atoms with Crippen LogP contribution in [0.1, 0.15) is 29.9 Å². The Morgan fingerprint density at radius 1 is 1.13 bits per heavy atom. The van der Waals surface area contributed by atoms with E-state index in [1.54, 1.807) is 6.92 Å². The number of thiophene rings is 1. The average molecular weight is 345 g/mol. The van der Waals surface area contributed by atoms with Gasteiger partial charge in [-0.2, -0.15) is 10.5 Å². The lowest BCUT2D eigenvalue weighted by atomic mass is 10.2. The van der Waals surface area contributed by atoms with Gasteiger partial charge in [-0.1, -0.05) is 11.3 Å². The molecule has 23 heavy (non-hydrogen) atoms. The number of nitrogen functional groups attached to an aromatic ring is 1. The average Bonchev–Trinajstić information content (AvgIpc) is 3.06. The fourth-order valence-electron chi connectivity index (χ4n) is 1.91. The third kappa shape index (κ3) is 3.31. The first-order valence-corrected chi connectivity index (χ1v) is 8.55. The van der Waals surface area contributed by atoms with Crippen molar-refractivity contribution in [3.63, 3.8) is 0 Å². The van der Waals surface area contributed by atoms with Crippen LogP contribution in [-0.4, -0.2) is 18.1 Å². The Bertz CT molecular complexity index is 816. The summed E-state index contributed by atoms with van der Waals surface area (Å²) in [6.45, 7) is 7.47. The van der Waals surface area contributed by atoms with E-state index >= 15 is 0 Å². The molecule has 0 aliphatic carbocycles. The normalized spacial score (nSPS) is 10.7. The first kappa shape index (κ1) is 16.9. The number of thiazole rings is 1. The maximum absolute atomic E-state index is 9.21. The molecule has 2 N–H and O–H groups in total. The van der Waals surface area contributed by atoms with Crippen molar-refractivity contribution in [1.82, 2.24) is 4.98 Å². The van der Waals surface area contributed by atoms with Gasteiger partial charge in [0.25, 0.3) is 0 Å². The molecule has 0 amide bonds. The van der Waals surface area contributed by atoms with Crippen molar-refractivity contribution in [3.8, 4) is 12.1 Å². The van der Waals surface area contributed by atoms with Gasteiger partial charge in [-0.15, -0.1) is 21.6 Å². The largest absolute Gasteiger partial charge is 0.381 e. The quantitative estimate of drug-likeness (QED) is 0.819. The van der Waals surface area contributed by atoms with Crippen LogP contribution in [0.15, 0.2) is 10.2 Å². The molecule has 2 aromatic rings. The van der Waals surface area contributed by atoms with Crippen molar-refractivity contribution < 1.29 is 0 Å². The summed E-state index contributed by atoms with van der Waals surface area (Å²) in [5.74, 6) is 0.313. The Morgan fingerprint density at radius 2 is 1.78 bits per heavy atom. The maximum atomic E-state index is 9.21. The molecule has 2 rings (SSSR count). The molecule has 0 bridgehead atoms. The number of anilines is 2. The summed E-state index contributed by atoms with van der Waals surface area (Å²) in [5, 5.41) is 28.2. The zero-order valence-electron chi connectivity index (χ0n) is 13.0. The van der Waals surface area contributed by atoms with Crippen LogP contribution in [0, 0.1) is 29.6 Å². The van der Waals surface area contributed by atoms with Gasteiger partial charge in [0.05, 0.1) is 5.56 Å². The minimum Gasteiger partial charge on any atom is -0.381 e. The third-order valence-electron chi connectivity index (χ3n) is 3.23. The molecule has 0 unspecified atom stereocenters. The molecule has 0 fully saturated rings. The van der Waals surface area contributed by atoms with Gasteiger partial charge in [0, 0.05) is 13.1 Å². The number of hydrogen-bond acceptors (Lipinski definition) is 9. The lowest BCUT2D eigenvalue weighted by Crippen LogP contribution is -2.21. The van der Waals surface area contributed by atoms with Gasteiger partial charge >= 0.3 is 0 Å². The highest BCUT2D eigenvalue weighted by atomic mass is 32.1. The summed E-state index contributed by atoms with van der Waals surface area (Å²) in [6, 6.07) is 4.12. The van der Waals surface area contributed by atoms with E-state index in [-0.39, 0.29) is 0 Å². The molecule has 0 saturated heterocycles. The van der Waals surface area contributed by atoms with Crippen LogP contribution in [0.2, 0.25) is 0 Å². The number of nitrogens with two attached hydrogens (primary N) is 1. The van der Waals surface area contributed by atoms with E-state index in [0.29, 0.717) is 31.8 Å². The molecule has 0 aromatic carbocycles. The van der Waals surface area contributed by atoms with Crippen LogP contribution >= 0.6 is 22.7 Å². The molecule has 0 aliphatic rings. The summed E-state index contributed by atoms with van der Waals surface area (Å²) in [4.78, 5) is 6.84. The second-order valence-electron chi connectivity index (χ2n) is 4.52. The third-order valence-corrected chi connectivity index (χ3v) is 5.33. The van der Waals surface area contributed by atoms with Crippen molar-refractivity contribution in [2.75, 3.05) is 23.7 Å². The molecular formula is C14H15N7S2. The SMILES string of the molecule is CCN(CC)c1nc(N)c(/N=N/c2sc(C#N)c(C)c2C#N)s1. The fraction of sp³-hybridized carbons (Fsp3) is 0.357. The molecule has 0 radical (unpaired) electrons. The van der Waals surface area contributed by atoms with Crippen LogP contribution < -0.4 is 10.6 Å². The van der Waals surface area contributed by atoms with E-state index in [4.69, 9.17) is 11.0 Å². The van der Waals surface area contributed by atoms with Crippen LogP contribution in [0.3, 0.4) is 0 Å². The Balaban J connectivity index is 2.35. The second-order valence-corrected chi connectivity index (χ2v) is 6.47. The first-order chi connectivity index (χ1) is 11.0. The number of azo groups is 1. The maximum Gasteiger partial charge on any atom is 0.189 e. The van der Waals surface area contributed by atoms with E-state index in [9.17, 15) is 5.26 Å². The molecule has 0 aliphatic heterocycles. The van der Waals surface area contributed by atoms with E-state index in [0.717, 1.165) is 29.6 Å². The van der Waals surface area contributed by atoms with Gasteiger partial charge in [-0.3, -0.25) is 0 Å². The van der Waals surface area contributed by atoms with E-state index in [1.165, 1.54) is 11.3 Å². The van der Waals surface area contributed by atoms with Gasteiger partial charge in [-0.25, -0.2) is 4.98 Å². The number of nitriles is 2. The Morgan fingerprint density at radius 3 is 2.35 bits per heavy atom. The van der Waals surface area contributed by atoms with Crippen molar-refractivity contribution >= 4 is 43.6 Å². The van der Waals surface area contributed by atoms with Gasteiger partial charge in [-0.05, 0) is 26.3 Å². The van der Waals surface area contributed by atoms with E-state index < -0.39 is 0 Å². The van der Waals surface area contributed by atoms with E-state index in [2.05, 4.69) is 32.3 Å². The van der Waals surface area contributed by atoms with Crippen molar-refractivity contribution in [3.05, 3.63) is 16.0 Å². The summed E-state index contributed by atoms with van der Waals surface area (Å²) in [6.07, 6.45) is 0. The number of rotatable bonds is 5. The summed E-state index contributed by atoms with van der Waals surface area (Å²) < 4.78 is 0. The minimum atomic E-state index is 0.313. The van der Waals surface area contributed by atoms with Crippen LogP contribution in [0.5, 0.6) is 0 Å². The summed E-state index contributed by atoms with van der Waals surface area (Å²) in [7, 11) is 0. The van der Waals surface area contributed by atoms with Crippen molar-refractivity contribution in [2.45, 2.75) is 20.8 Å². The number of nitrogens with zero attached hydrogens (tertiary/aromatic N) is 6. The molecule has 0 atom stereocenters. The smallest absolute Gasteiger partial charge is 0.189 e. The van der Waals surface area contributed by atoms with Crippen LogP contribution in [0.25, 0.3) is 0 Å². The highest BCUT2D eigenvalue weighted by Gasteiger charge is 2.16. The van der Waals surface area contributed by atoms with Crippen LogP contribution in [-0.2, 0) is 0 Å². The Labute approximate surface area is 142 Å². The zero-order valence-corrected chi connectivity index (χ0v) is 14.6. The van der Waals surface area contributed by atoms with Crippen molar-refractivity contribution in [2.24, 2.45) is 10.2 Å². The highest BCUT2D eigenvalue weighted by Crippen LogP contribution is 2.39. The first-order valence-electron chi connectivity index (χ1n) is 6.92. The summed E-state index contributed by atoms with van der Waals surface area (Å²) in [5.41, 5.74) is 6.90. The summed E-state index contributed by atoms with van der Waals surface area (Å²) >= 11 is 2.50. The fourth-order valence-corrected chi connectivity index (χ4v) is 3.72. The lowest BCUT2D eigenvalue weighted by Gasteiger charge is -2.16. The van der Waals surface area contributed by atoms with Gasteiger partial charge in [0.15, 0.2) is 21.0 Å². The monoisotopic (exact) mass is 345 g/mol. The highest BCUT2D eigenvalue weighted by molar-refractivity contribution is 7.19.